The SMILES string of the molecule is C/C(=N/NC(=O)c1ccoc1C)c1ccc(OCC#N)cc1. The number of nitrogens with one attached hydrogen (secondary N) is 1. The number of nitriles is 1. The summed E-state index contributed by atoms with van der Waals surface area (Å²) >= 11 is 0. The van der Waals surface area contributed by atoms with Gasteiger partial charge >= 0.3 is 0 Å². The van der Waals surface area contributed by atoms with Crippen molar-refractivity contribution in [3.63, 3.8) is 0 Å². The molecule has 0 spiro atoms. The molecule has 0 aliphatic carbocycles. The third-order valence-corrected chi connectivity index (χ3v) is 3.00. The average Bonchev–Trinajstić information content (AvgIpc) is 2.97. The quantitative estimate of drug-likeness (QED) is 0.679. The highest BCUT2D eigenvalue weighted by Crippen LogP contribution is 2.13. The van der Waals surface area contributed by atoms with Gasteiger partial charge in [-0.15, -0.1) is 0 Å². The van der Waals surface area contributed by atoms with Crippen LogP contribution in [-0.4, -0.2) is 18.2 Å². The van der Waals surface area contributed by atoms with E-state index in [1.807, 2.05) is 6.07 Å². The molecule has 0 radical (unpaired) electrons. The van der Waals surface area contributed by atoms with Gasteiger partial charge in [0, 0.05) is 0 Å². The molecular formula is C16H15N3O3. The lowest BCUT2D eigenvalue weighted by molar-refractivity contribution is 0.0953. The minimum Gasteiger partial charge on any atom is -0.479 e. The summed E-state index contributed by atoms with van der Waals surface area (Å²) in [6.45, 7) is 3.51. The van der Waals surface area contributed by atoms with Gasteiger partial charge < -0.3 is 9.15 Å². The van der Waals surface area contributed by atoms with Crippen molar-refractivity contribution in [2.45, 2.75) is 13.8 Å². The van der Waals surface area contributed by atoms with Crippen LogP contribution in [0.1, 0.15) is 28.6 Å². The van der Waals surface area contributed by atoms with Crippen LogP contribution in [0.15, 0.2) is 46.1 Å². The van der Waals surface area contributed by atoms with Crippen LogP contribution < -0.4 is 10.2 Å². The summed E-state index contributed by atoms with van der Waals surface area (Å²) in [4.78, 5) is 11.9. The van der Waals surface area contributed by atoms with E-state index in [-0.39, 0.29) is 12.5 Å². The first kappa shape index (κ1) is 15.3. The Balaban J connectivity index is 2.01. The van der Waals surface area contributed by atoms with Gasteiger partial charge in [0.1, 0.15) is 17.6 Å². The van der Waals surface area contributed by atoms with Gasteiger partial charge in [0.05, 0.1) is 17.5 Å². The van der Waals surface area contributed by atoms with E-state index in [2.05, 4.69) is 10.5 Å². The van der Waals surface area contributed by atoms with E-state index in [0.29, 0.717) is 22.8 Å². The number of hydrazone groups is 1. The zero-order chi connectivity index (χ0) is 15.9. The summed E-state index contributed by atoms with van der Waals surface area (Å²) in [6, 6.07) is 10.6. The standard InChI is InChI=1S/C16H15N3O3/c1-11(13-3-5-14(6-4-13)22-10-8-17)18-19-16(20)15-7-9-21-12(15)2/h3-7,9H,10H2,1-2H3,(H,19,20)/b18-11-. The number of amides is 1. The topological polar surface area (TPSA) is 87.6 Å². The van der Waals surface area contributed by atoms with Crippen LogP contribution in [0.3, 0.4) is 0 Å². The Kier molecular flexibility index (Phi) is 4.94. The largest absolute Gasteiger partial charge is 0.479 e. The number of benzene rings is 1. The van der Waals surface area contributed by atoms with Crippen LogP contribution >= 0.6 is 0 Å². The number of hydrogen-bond donors (Lipinski definition) is 1. The van der Waals surface area contributed by atoms with Gasteiger partial charge in [-0.3, -0.25) is 4.79 Å². The van der Waals surface area contributed by atoms with Gasteiger partial charge in [0.15, 0.2) is 6.61 Å². The van der Waals surface area contributed by atoms with Gasteiger partial charge in [-0.05, 0) is 49.7 Å². The van der Waals surface area contributed by atoms with Crippen LogP contribution in [0, 0.1) is 18.3 Å². The lowest BCUT2D eigenvalue weighted by Crippen LogP contribution is -2.19. The second-order valence-corrected chi connectivity index (χ2v) is 4.50. The number of hydrogen-bond acceptors (Lipinski definition) is 5. The zero-order valence-electron chi connectivity index (χ0n) is 12.3. The molecule has 112 valence electrons. The van der Waals surface area contributed by atoms with Gasteiger partial charge in [-0.25, -0.2) is 5.43 Å². The van der Waals surface area contributed by atoms with E-state index in [1.165, 1.54) is 6.26 Å². The Morgan fingerprint density at radius 1 is 1.36 bits per heavy atom. The predicted octanol–water partition coefficient (Wildman–Crippen LogP) is 2.64. The summed E-state index contributed by atoms with van der Waals surface area (Å²) in [6.07, 6.45) is 1.46. The molecule has 0 saturated heterocycles. The monoisotopic (exact) mass is 297 g/mol. The molecule has 0 fully saturated rings. The molecule has 0 unspecified atom stereocenters. The summed E-state index contributed by atoms with van der Waals surface area (Å²) in [5.41, 5.74) is 4.44. The lowest BCUT2D eigenvalue weighted by Gasteiger charge is -2.04. The highest BCUT2D eigenvalue weighted by atomic mass is 16.5. The number of nitrogens with zero attached hydrogens (tertiary/aromatic N) is 2. The lowest BCUT2D eigenvalue weighted by atomic mass is 10.1. The minimum absolute atomic E-state index is 0.00648. The highest BCUT2D eigenvalue weighted by molar-refractivity contribution is 6.01. The number of aryl methyl sites for hydroxylation is 1. The van der Waals surface area contributed by atoms with Crippen molar-refractivity contribution in [3.8, 4) is 11.8 Å². The Hall–Kier alpha value is -3.07. The van der Waals surface area contributed by atoms with E-state index in [0.717, 1.165) is 5.56 Å². The van der Waals surface area contributed by atoms with Crippen LogP contribution in [-0.2, 0) is 0 Å². The summed E-state index contributed by atoms with van der Waals surface area (Å²) in [5.74, 6) is 0.833. The van der Waals surface area contributed by atoms with Crippen molar-refractivity contribution in [2.75, 3.05) is 6.61 Å². The van der Waals surface area contributed by atoms with Gasteiger partial charge in [-0.1, -0.05) is 0 Å². The maximum Gasteiger partial charge on any atom is 0.274 e. The number of carbonyl (C=O) groups is 1. The first-order valence-electron chi connectivity index (χ1n) is 6.60. The fourth-order valence-electron chi connectivity index (χ4n) is 1.79. The van der Waals surface area contributed by atoms with E-state index in [1.54, 1.807) is 44.2 Å². The summed E-state index contributed by atoms with van der Waals surface area (Å²) < 4.78 is 10.2. The van der Waals surface area contributed by atoms with Crippen LogP contribution in [0.4, 0.5) is 0 Å². The molecule has 1 N–H and O–H groups in total. The van der Waals surface area contributed by atoms with Gasteiger partial charge in [-0.2, -0.15) is 10.4 Å². The van der Waals surface area contributed by atoms with Crippen LogP contribution in [0.25, 0.3) is 0 Å². The minimum atomic E-state index is -0.320. The Bertz CT molecular complexity index is 724. The normalized spacial score (nSPS) is 10.9. The highest BCUT2D eigenvalue weighted by Gasteiger charge is 2.10. The van der Waals surface area contributed by atoms with Crippen molar-refractivity contribution in [1.29, 1.82) is 5.26 Å². The van der Waals surface area contributed by atoms with Crippen molar-refractivity contribution >= 4 is 11.6 Å². The molecular weight excluding hydrogens is 282 g/mol. The first-order chi connectivity index (χ1) is 10.6. The molecule has 2 rings (SSSR count). The number of rotatable bonds is 5. The van der Waals surface area contributed by atoms with E-state index in [9.17, 15) is 4.79 Å². The molecule has 22 heavy (non-hydrogen) atoms. The molecule has 2 aromatic rings. The number of ether oxygens (including phenoxy) is 1. The zero-order valence-corrected chi connectivity index (χ0v) is 12.3. The van der Waals surface area contributed by atoms with Crippen molar-refractivity contribution in [3.05, 3.63) is 53.5 Å². The number of carbonyl (C=O) groups excluding carboxylic acids is 1. The fraction of sp³-hybridized carbons (Fsp3) is 0.188. The van der Waals surface area contributed by atoms with Gasteiger partial charge in [0.25, 0.3) is 5.91 Å². The third kappa shape index (κ3) is 3.73. The van der Waals surface area contributed by atoms with E-state index in [4.69, 9.17) is 14.4 Å². The molecule has 6 heteroatoms. The maximum atomic E-state index is 11.9. The Morgan fingerprint density at radius 2 is 2.09 bits per heavy atom. The van der Waals surface area contributed by atoms with Gasteiger partial charge in [0.2, 0.25) is 0 Å². The maximum absolute atomic E-state index is 11.9. The molecule has 0 saturated carbocycles. The molecule has 0 aliphatic rings. The molecule has 1 aromatic heterocycles. The van der Waals surface area contributed by atoms with Crippen LogP contribution in [0.5, 0.6) is 5.75 Å². The second kappa shape index (κ2) is 7.09. The molecule has 1 aromatic carbocycles. The number of furan rings is 1. The van der Waals surface area contributed by atoms with Crippen molar-refractivity contribution < 1.29 is 13.9 Å². The summed E-state index contributed by atoms with van der Waals surface area (Å²) in [7, 11) is 0. The smallest absolute Gasteiger partial charge is 0.274 e. The Labute approximate surface area is 128 Å². The third-order valence-electron chi connectivity index (χ3n) is 3.00. The molecule has 0 bridgehead atoms. The van der Waals surface area contributed by atoms with E-state index >= 15 is 0 Å². The molecule has 0 aliphatic heterocycles. The first-order valence-corrected chi connectivity index (χ1v) is 6.60. The molecule has 6 nitrogen and oxygen atoms in total. The second-order valence-electron chi connectivity index (χ2n) is 4.50. The van der Waals surface area contributed by atoms with Crippen molar-refractivity contribution in [1.82, 2.24) is 5.43 Å². The predicted molar refractivity (Wildman–Crippen MR) is 80.7 cm³/mol. The fourth-order valence-corrected chi connectivity index (χ4v) is 1.79. The van der Waals surface area contributed by atoms with Crippen LogP contribution in [0.2, 0.25) is 0 Å². The molecule has 0 atom stereocenters. The molecule has 1 heterocycles. The average molecular weight is 297 g/mol. The van der Waals surface area contributed by atoms with Crippen molar-refractivity contribution in [2.24, 2.45) is 5.10 Å². The van der Waals surface area contributed by atoms with E-state index < -0.39 is 0 Å². The summed E-state index contributed by atoms with van der Waals surface area (Å²) in [5, 5.41) is 12.5. The Morgan fingerprint density at radius 3 is 2.68 bits per heavy atom. The molecule has 1 amide bonds.